The predicted molar refractivity (Wildman–Crippen MR) is 80.6 cm³/mol. The van der Waals surface area contributed by atoms with Crippen molar-refractivity contribution in [1.82, 2.24) is 0 Å². The molecule has 3 nitrogen and oxygen atoms in total. The zero-order valence-corrected chi connectivity index (χ0v) is 12.4. The molecule has 0 aromatic heterocycles. The molecular weight excluding hydrogens is 342 g/mol. The molecule has 0 saturated carbocycles. The van der Waals surface area contributed by atoms with Gasteiger partial charge in [0, 0.05) is 23.9 Å². The maximum Gasteiger partial charge on any atom is 0.255 e. The molecule has 0 saturated heterocycles. The van der Waals surface area contributed by atoms with Crippen molar-refractivity contribution >= 4 is 33.2 Å². The monoisotopic (exact) mass is 352 g/mol. The van der Waals surface area contributed by atoms with Gasteiger partial charge in [-0.25, -0.2) is 8.78 Å². The number of carbonyl (C=O) groups excluding carboxylic acids is 1. The summed E-state index contributed by atoms with van der Waals surface area (Å²) in [5, 5.41) is 5.55. The van der Waals surface area contributed by atoms with Crippen molar-refractivity contribution in [2.24, 2.45) is 0 Å². The van der Waals surface area contributed by atoms with Gasteiger partial charge in [-0.1, -0.05) is 6.07 Å². The Kier molecular flexibility index (Phi) is 3.63. The lowest BCUT2D eigenvalue weighted by Gasteiger charge is -2.09. The standard InChI is InChI=1S/C15H11BrF2N2O/c16-10-6-12(18)14(7-11(10)17)20-15(21)9-2-1-8-3-4-19-13(8)5-9/h1-2,5-7,19H,3-4H2,(H,20,21). The third-order valence-electron chi connectivity index (χ3n) is 3.34. The fourth-order valence-corrected chi connectivity index (χ4v) is 2.56. The van der Waals surface area contributed by atoms with E-state index < -0.39 is 17.5 Å². The van der Waals surface area contributed by atoms with E-state index in [9.17, 15) is 13.6 Å². The maximum atomic E-state index is 13.7. The summed E-state index contributed by atoms with van der Waals surface area (Å²) >= 11 is 2.89. The van der Waals surface area contributed by atoms with Gasteiger partial charge in [-0.3, -0.25) is 4.79 Å². The smallest absolute Gasteiger partial charge is 0.255 e. The second kappa shape index (κ2) is 5.44. The Hall–Kier alpha value is -1.95. The summed E-state index contributed by atoms with van der Waals surface area (Å²) in [6, 6.07) is 7.18. The largest absolute Gasteiger partial charge is 0.384 e. The van der Waals surface area contributed by atoms with Crippen LogP contribution in [0.3, 0.4) is 0 Å². The van der Waals surface area contributed by atoms with Gasteiger partial charge < -0.3 is 10.6 Å². The van der Waals surface area contributed by atoms with E-state index >= 15 is 0 Å². The lowest BCUT2D eigenvalue weighted by molar-refractivity contribution is 0.102. The summed E-state index contributed by atoms with van der Waals surface area (Å²) in [5.41, 5.74) is 2.26. The van der Waals surface area contributed by atoms with Gasteiger partial charge in [0.15, 0.2) is 0 Å². The van der Waals surface area contributed by atoms with E-state index in [0.717, 1.165) is 36.3 Å². The van der Waals surface area contributed by atoms with Crippen molar-refractivity contribution in [1.29, 1.82) is 0 Å². The predicted octanol–water partition coefficient (Wildman–Crippen LogP) is 3.95. The molecule has 0 aliphatic carbocycles. The van der Waals surface area contributed by atoms with Crippen LogP contribution in [-0.2, 0) is 6.42 Å². The number of rotatable bonds is 2. The molecule has 2 aromatic rings. The molecule has 1 aliphatic rings. The number of halogens is 3. The molecule has 3 rings (SSSR count). The van der Waals surface area contributed by atoms with E-state index in [0.29, 0.717) is 5.56 Å². The first-order valence-electron chi connectivity index (χ1n) is 6.37. The van der Waals surface area contributed by atoms with Crippen LogP contribution in [0.4, 0.5) is 20.2 Å². The van der Waals surface area contributed by atoms with Gasteiger partial charge in [-0.05, 0) is 46.1 Å². The van der Waals surface area contributed by atoms with E-state index in [1.807, 2.05) is 6.07 Å². The third kappa shape index (κ3) is 2.76. The lowest BCUT2D eigenvalue weighted by atomic mass is 10.1. The molecule has 21 heavy (non-hydrogen) atoms. The molecule has 6 heteroatoms. The van der Waals surface area contributed by atoms with Crippen LogP contribution in [0.5, 0.6) is 0 Å². The summed E-state index contributed by atoms with van der Waals surface area (Å²) in [6.45, 7) is 0.840. The van der Waals surface area contributed by atoms with Crippen LogP contribution in [-0.4, -0.2) is 12.5 Å². The summed E-state index contributed by atoms with van der Waals surface area (Å²) in [5.74, 6) is -1.81. The van der Waals surface area contributed by atoms with Crippen LogP contribution in [0.2, 0.25) is 0 Å². The highest BCUT2D eigenvalue weighted by Crippen LogP contribution is 2.26. The molecule has 0 bridgehead atoms. The first-order chi connectivity index (χ1) is 10.0. The molecule has 108 valence electrons. The molecule has 2 N–H and O–H groups in total. The minimum absolute atomic E-state index is 0.0136. The van der Waals surface area contributed by atoms with Crippen molar-refractivity contribution in [2.45, 2.75) is 6.42 Å². The Morgan fingerprint density at radius 1 is 1.19 bits per heavy atom. The van der Waals surface area contributed by atoms with Gasteiger partial charge in [-0.2, -0.15) is 0 Å². The lowest BCUT2D eigenvalue weighted by Crippen LogP contribution is -2.13. The van der Waals surface area contributed by atoms with E-state index in [1.54, 1.807) is 12.1 Å². The SMILES string of the molecule is O=C(Nc1cc(F)c(Br)cc1F)c1ccc2c(c1)NCC2. The van der Waals surface area contributed by atoms with Gasteiger partial charge in [-0.15, -0.1) is 0 Å². The number of fused-ring (bicyclic) bond motifs is 1. The van der Waals surface area contributed by atoms with Crippen LogP contribution in [0.15, 0.2) is 34.8 Å². The van der Waals surface area contributed by atoms with Crippen molar-refractivity contribution in [3.8, 4) is 0 Å². The maximum absolute atomic E-state index is 13.7. The Morgan fingerprint density at radius 3 is 2.81 bits per heavy atom. The number of nitrogens with one attached hydrogen (secondary N) is 2. The zero-order valence-electron chi connectivity index (χ0n) is 10.8. The topological polar surface area (TPSA) is 41.1 Å². The summed E-state index contributed by atoms with van der Waals surface area (Å²) in [6.07, 6.45) is 0.920. The highest BCUT2D eigenvalue weighted by molar-refractivity contribution is 9.10. The third-order valence-corrected chi connectivity index (χ3v) is 3.95. The highest BCUT2D eigenvalue weighted by Gasteiger charge is 2.15. The molecular formula is C15H11BrF2N2O. The van der Waals surface area contributed by atoms with Crippen LogP contribution >= 0.6 is 15.9 Å². The molecule has 0 fully saturated rings. The molecule has 2 aromatic carbocycles. The Bertz CT molecular complexity index is 734. The Labute approximate surface area is 128 Å². The number of benzene rings is 2. The van der Waals surface area contributed by atoms with E-state index in [2.05, 4.69) is 26.6 Å². The van der Waals surface area contributed by atoms with Crippen LogP contribution < -0.4 is 10.6 Å². The van der Waals surface area contributed by atoms with Gasteiger partial charge >= 0.3 is 0 Å². The average Bonchev–Trinajstić information content (AvgIpc) is 2.92. The van der Waals surface area contributed by atoms with E-state index in [1.165, 1.54) is 0 Å². The average molecular weight is 353 g/mol. The number of carbonyl (C=O) groups is 1. The minimum atomic E-state index is -0.698. The van der Waals surface area contributed by atoms with Crippen molar-refractivity contribution < 1.29 is 13.6 Å². The fraction of sp³-hybridized carbons (Fsp3) is 0.133. The fourth-order valence-electron chi connectivity index (χ4n) is 2.24. The minimum Gasteiger partial charge on any atom is -0.384 e. The number of anilines is 2. The van der Waals surface area contributed by atoms with Crippen molar-refractivity contribution in [3.05, 3.63) is 57.6 Å². The van der Waals surface area contributed by atoms with Crippen molar-refractivity contribution in [3.63, 3.8) is 0 Å². The van der Waals surface area contributed by atoms with Crippen LogP contribution in [0, 0.1) is 11.6 Å². The summed E-state index contributed by atoms with van der Waals surface area (Å²) in [4.78, 5) is 12.1. The molecule has 0 atom stereocenters. The van der Waals surface area contributed by atoms with Gasteiger partial charge in [0.25, 0.3) is 5.91 Å². The summed E-state index contributed by atoms with van der Waals surface area (Å²) < 4.78 is 27.1. The van der Waals surface area contributed by atoms with Crippen LogP contribution in [0.25, 0.3) is 0 Å². The van der Waals surface area contributed by atoms with Gasteiger partial charge in [0.2, 0.25) is 0 Å². The molecule has 1 aliphatic heterocycles. The number of hydrogen-bond acceptors (Lipinski definition) is 2. The van der Waals surface area contributed by atoms with Crippen molar-refractivity contribution in [2.75, 3.05) is 17.2 Å². The molecule has 0 radical (unpaired) electrons. The Balaban J connectivity index is 1.85. The highest BCUT2D eigenvalue weighted by atomic mass is 79.9. The van der Waals surface area contributed by atoms with Gasteiger partial charge in [0.05, 0.1) is 10.2 Å². The van der Waals surface area contributed by atoms with E-state index in [-0.39, 0.29) is 10.2 Å². The second-order valence-corrected chi connectivity index (χ2v) is 5.60. The molecule has 0 spiro atoms. The molecule has 0 unspecified atom stereocenters. The second-order valence-electron chi connectivity index (χ2n) is 4.75. The quantitative estimate of drug-likeness (QED) is 0.803. The molecule has 1 amide bonds. The Morgan fingerprint density at radius 2 is 2.00 bits per heavy atom. The zero-order chi connectivity index (χ0) is 15.0. The summed E-state index contributed by atoms with van der Waals surface area (Å²) in [7, 11) is 0. The van der Waals surface area contributed by atoms with Crippen LogP contribution in [0.1, 0.15) is 15.9 Å². The van der Waals surface area contributed by atoms with Gasteiger partial charge in [0.1, 0.15) is 11.6 Å². The first kappa shape index (κ1) is 14.0. The number of amides is 1. The number of hydrogen-bond donors (Lipinski definition) is 2. The molecule has 1 heterocycles. The normalized spacial score (nSPS) is 12.7. The van der Waals surface area contributed by atoms with E-state index in [4.69, 9.17) is 0 Å². The first-order valence-corrected chi connectivity index (χ1v) is 7.16.